The maximum Gasteiger partial charge on any atom is 0.254 e. The van der Waals surface area contributed by atoms with E-state index in [1.807, 2.05) is 17.0 Å². The van der Waals surface area contributed by atoms with E-state index in [-0.39, 0.29) is 5.91 Å². The lowest BCUT2D eigenvalue weighted by Gasteiger charge is -2.29. The Labute approximate surface area is 131 Å². The lowest BCUT2D eigenvalue weighted by Crippen LogP contribution is -2.32. The van der Waals surface area contributed by atoms with Gasteiger partial charge in [0, 0.05) is 30.4 Å². The number of hydrogen-bond donors (Lipinski definition) is 0. The molecule has 1 fully saturated rings. The molecule has 1 aromatic heterocycles. The summed E-state index contributed by atoms with van der Waals surface area (Å²) < 4.78 is 0. The molecule has 1 aliphatic heterocycles. The van der Waals surface area contributed by atoms with Crippen molar-refractivity contribution in [1.29, 1.82) is 0 Å². The minimum absolute atomic E-state index is 0.192. The predicted molar refractivity (Wildman–Crippen MR) is 86.5 cm³/mol. The number of rotatable bonds is 3. The summed E-state index contributed by atoms with van der Waals surface area (Å²) in [4.78, 5) is 19.1. The van der Waals surface area contributed by atoms with Gasteiger partial charge in [-0.25, -0.2) is 0 Å². The molecule has 2 heterocycles. The second-order valence-corrected chi connectivity index (χ2v) is 6.52. The first-order valence-electron chi connectivity index (χ1n) is 8.06. The van der Waals surface area contributed by atoms with Gasteiger partial charge in [-0.1, -0.05) is 24.6 Å². The van der Waals surface area contributed by atoms with Gasteiger partial charge in [-0.3, -0.25) is 9.78 Å². The van der Waals surface area contributed by atoms with E-state index in [0.717, 1.165) is 47.0 Å². The fourth-order valence-electron chi connectivity index (χ4n) is 3.43. The van der Waals surface area contributed by atoms with Crippen molar-refractivity contribution in [3.05, 3.63) is 53.2 Å². The zero-order chi connectivity index (χ0) is 15.1. The lowest BCUT2D eigenvalue weighted by molar-refractivity contribution is 0.0720. The third-order valence-electron chi connectivity index (χ3n) is 4.97. The van der Waals surface area contributed by atoms with Crippen LogP contribution in [0, 0.1) is 12.8 Å². The molecule has 1 saturated carbocycles. The molecule has 0 atom stereocenters. The summed E-state index contributed by atoms with van der Waals surface area (Å²) in [5, 5.41) is 0. The predicted octanol–water partition coefficient (Wildman–Crippen LogP) is 3.81. The first-order chi connectivity index (χ1) is 10.7. The highest BCUT2D eigenvalue weighted by Gasteiger charge is 2.31. The Morgan fingerprint density at radius 1 is 1.27 bits per heavy atom. The van der Waals surface area contributed by atoms with Crippen LogP contribution in [-0.2, 0) is 6.54 Å². The normalized spacial score (nSPS) is 17.5. The molecule has 0 saturated heterocycles. The van der Waals surface area contributed by atoms with E-state index in [1.165, 1.54) is 19.3 Å². The Morgan fingerprint density at radius 2 is 2.14 bits per heavy atom. The summed E-state index contributed by atoms with van der Waals surface area (Å²) in [7, 11) is 0. The largest absolute Gasteiger partial charge is 0.334 e. The smallest absolute Gasteiger partial charge is 0.254 e. The fraction of sp³-hybridized carbons (Fsp3) is 0.368. The molecule has 0 unspecified atom stereocenters. The molecule has 3 nitrogen and oxygen atoms in total. The first kappa shape index (κ1) is 13.5. The van der Waals surface area contributed by atoms with Crippen molar-refractivity contribution in [2.45, 2.75) is 32.7 Å². The van der Waals surface area contributed by atoms with E-state index in [1.54, 1.807) is 6.20 Å². The van der Waals surface area contributed by atoms with E-state index in [9.17, 15) is 4.79 Å². The zero-order valence-corrected chi connectivity index (χ0v) is 12.9. The molecule has 0 N–H and O–H groups in total. The van der Waals surface area contributed by atoms with Crippen LogP contribution in [0.25, 0.3) is 11.3 Å². The van der Waals surface area contributed by atoms with Crippen LogP contribution in [0.3, 0.4) is 0 Å². The van der Waals surface area contributed by atoms with Crippen LogP contribution in [0.2, 0.25) is 0 Å². The van der Waals surface area contributed by atoms with Crippen molar-refractivity contribution in [3.63, 3.8) is 0 Å². The number of fused-ring (bicyclic) bond motifs is 1. The molecular weight excluding hydrogens is 272 g/mol. The van der Waals surface area contributed by atoms with Gasteiger partial charge >= 0.3 is 0 Å². The standard InChI is InChI=1S/C19H20N2O/c1-13-4-3-9-20-18(13)15-7-8-16-12-21(11-14-5-2-6-14)19(22)17(16)10-15/h3-4,7-10,14H,2,5-6,11-12H2,1H3. The van der Waals surface area contributed by atoms with Crippen LogP contribution >= 0.6 is 0 Å². The highest BCUT2D eigenvalue weighted by Crippen LogP contribution is 2.32. The van der Waals surface area contributed by atoms with Crippen molar-refractivity contribution in [1.82, 2.24) is 9.88 Å². The first-order valence-corrected chi connectivity index (χ1v) is 8.06. The fourth-order valence-corrected chi connectivity index (χ4v) is 3.43. The minimum atomic E-state index is 0.192. The third kappa shape index (κ3) is 2.21. The van der Waals surface area contributed by atoms with Crippen molar-refractivity contribution >= 4 is 5.91 Å². The number of amides is 1. The molecule has 0 spiro atoms. The molecule has 4 rings (SSSR count). The number of carbonyl (C=O) groups is 1. The highest BCUT2D eigenvalue weighted by molar-refractivity contribution is 5.99. The highest BCUT2D eigenvalue weighted by atomic mass is 16.2. The van der Waals surface area contributed by atoms with Gasteiger partial charge in [0.15, 0.2) is 0 Å². The van der Waals surface area contributed by atoms with Crippen molar-refractivity contribution < 1.29 is 4.79 Å². The molecule has 1 amide bonds. The van der Waals surface area contributed by atoms with Gasteiger partial charge in [-0.2, -0.15) is 0 Å². The topological polar surface area (TPSA) is 33.2 Å². The molecule has 0 radical (unpaired) electrons. The van der Waals surface area contributed by atoms with Crippen LogP contribution in [0.1, 0.15) is 40.7 Å². The second kappa shape index (κ2) is 5.24. The van der Waals surface area contributed by atoms with E-state index in [2.05, 4.69) is 30.1 Å². The number of aryl methyl sites for hydroxylation is 1. The van der Waals surface area contributed by atoms with E-state index in [4.69, 9.17) is 0 Å². The molecule has 1 aromatic carbocycles. The van der Waals surface area contributed by atoms with Gasteiger partial charge < -0.3 is 4.90 Å². The summed E-state index contributed by atoms with van der Waals surface area (Å²) >= 11 is 0. The van der Waals surface area contributed by atoms with Crippen molar-refractivity contribution in [3.8, 4) is 11.3 Å². The number of aromatic nitrogens is 1. The lowest BCUT2D eigenvalue weighted by atomic mass is 9.85. The van der Waals surface area contributed by atoms with Crippen LogP contribution in [-0.4, -0.2) is 22.3 Å². The van der Waals surface area contributed by atoms with Gasteiger partial charge in [0.25, 0.3) is 5.91 Å². The quantitative estimate of drug-likeness (QED) is 0.861. The van der Waals surface area contributed by atoms with Gasteiger partial charge in [0.2, 0.25) is 0 Å². The number of carbonyl (C=O) groups excluding carboxylic acids is 1. The van der Waals surface area contributed by atoms with Crippen molar-refractivity contribution in [2.75, 3.05) is 6.54 Å². The molecular formula is C19H20N2O. The maximum atomic E-state index is 12.6. The molecule has 3 heteroatoms. The monoisotopic (exact) mass is 292 g/mol. The Balaban J connectivity index is 1.63. The van der Waals surface area contributed by atoms with Crippen LogP contribution < -0.4 is 0 Å². The van der Waals surface area contributed by atoms with E-state index in [0.29, 0.717) is 0 Å². The Morgan fingerprint density at radius 3 is 2.86 bits per heavy atom. The van der Waals surface area contributed by atoms with E-state index >= 15 is 0 Å². The Bertz CT molecular complexity index is 734. The molecule has 1 aliphatic carbocycles. The Kier molecular flexibility index (Phi) is 3.21. The summed E-state index contributed by atoms with van der Waals surface area (Å²) in [6, 6.07) is 10.2. The third-order valence-corrected chi connectivity index (χ3v) is 4.97. The average molecular weight is 292 g/mol. The van der Waals surface area contributed by atoms with Crippen LogP contribution in [0.5, 0.6) is 0 Å². The van der Waals surface area contributed by atoms with Gasteiger partial charge in [-0.15, -0.1) is 0 Å². The zero-order valence-electron chi connectivity index (χ0n) is 12.9. The number of nitrogens with zero attached hydrogens (tertiary/aromatic N) is 2. The summed E-state index contributed by atoms with van der Waals surface area (Å²) in [5.74, 6) is 0.910. The number of benzene rings is 1. The van der Waals surface area contributed by atoms with Gasteiger partial charge in [0.1, 0.15) is 0 Å². The van der Waals surface area contributed by atoms with Gasteiger partial charge in [-0.05, 0) is 48.9 Å². The van der Waals surface area contributed by atoms with Crippen molar-refractivity contribution in [2.24, 2.45) is 5.92 Å². The minimum Gasteiger partial charge on any atom is -0.334 e. The van der Waals surface area contributed by atoms with Gasteiger partial charge in [0.05, 0.1) is 5.69 Å². The van der Waals surface area contributed by atoms with Crippen LogP contribution in [0.15, 0.2) is 36.5 Å². The maximum absolute atomic E-state index is 12.6. The molecule has 0 bridgehead atoms. The summed E-state index contributed by atoms with van der Waals surface area (Å²) in [5.41, 5.74) is 5.16. The number of hydrogen-bond acceptors (Lipinski definition) is 2. The molecule has 2 aromatic rings. The Hall–Kier alpha value is -2.16. The second-order valence-electron chi connectivity index (χ2n) is 6.52. The SMILES string of the molecule is Cc1cccnc1-c1ccc2c(c1)C(=O)N(CC1CCC1)C2. The van der Waals surface area contributed by atoms with Crippen LogP contribution in [0.4, 0.5) is 0 Å². The summed E-state index contributed by atoms with van der Waals surface area (Å²) in [6.45, 7) is 3.75. The van der Waals surface area contributed by atoms with E-state index < -0.39 is 0 Å². The summed E-state index contributed by atoms with van der Waals surface area (Å²) in [6.07, 6.45) is 5.68. The molecule has 22 heavy (non-hydrogen) atoms. The number of pyridine rings is 1. The molecule has 112 valence electrons. The average Bonchev–Trinajstić information content (AvgIpc) is 2.80. The molecule has 2 aliphatic rings.